The molecule has 2 aromatic rings. The molecule has 2 aliphatic carbocycles. The first-order valence-electron chi connectivity index (χ1n) is 8.79. The summed E-state index contributed by atoms with van der Waals surface area (Å²) in [6.07, 6.45) is 4.96. The summed E-state index contributed by atoms with van der Waals surface area (Å²) < 4.78 is 1.63. The summed E-state index contributed by atoms with van der Waals surface area (Å²) in [6, 6.07) is 18.4. The van der Waals surface area contributed by atoms with Gasteiger partial charge in [0.1, 0.15) is 0 Å². The fourth-order valence-electron chi connectivity index (χ4n) is 4.53. The van der Waals surface area contributed by atoms with Crippen LogP contribution >= 0.6 is 0 Å². The molecule has 0 aliphatic heterocycles. The van der Waals surface area contributed by atoms with Crippen LogP contribution in [-0.2, 0) is 18.3 Å². The Morgan fingerprint density at radius 1 is 0.692 bits per heavy atom. The Hall–Kier alpha value is -0.0870. The van der Waals surface area contributed by atoms with E-state index in [9.17, 15) is 0 Å². The molecule has 2 aliphatic rings. The van der Waals surface area contributed by atoms with Crippen LogP contribution in [0, 0.1) is 0 Å². The van der Waals surface area contributed by atoms with E-state index in [-0.39, 0.29) is 24.8 Å². The van der Waals surface area contributed by atoms with E-state index in [1.54, 1.807) is 22.3 Å². The molecular weight excluding hydrogens is 586 g/mol. The molecule has 134 valence electrons. The minimum atomic E-state index is -1.90. The SMILES string of the molecule is CC1=Cc2ccccc2[CH]1[Hf+2]([CH]1C(C)=Cc2ccccc21)=[Ge]([CH3])[CH3].[Cl-].[Cl-]. The third kappa shape index (κ3) is 3.74. The van der Waals surface area contributed by atoms with Crippen molar-refractivity contribution in [2.45, 2.75) is 32.7 Å². The molecule has 0 bridgehead atoms. The van der Waals surface area contributed by atoms with Gasteiger partial charge in [-0.05, 0) is 0 Å². The summed E-state index contributed by atoms with van der Waals surface area (Å²) in [4.78, 5) is 0. The largest absolute Gasteiger partial charge is 1.00 e. The molecule has 2 aromatic carbocycles. The van der Waals surface area contributed by atoms with Crippen molar-refractivity contribution < 1.29 is 43.2 Å². The van der Waals surface area contributed by atoms with Gasteiger partial charge in [-0.2, -0.15) is 0 Å². The fraction of sp³-hybridized carbons (Fsp3) is 0.273. The van der Waals surface area contributed by atoms with Gasteiger partial charge in [-0.25, -0.2) is 0 Å². The first-order valence-corrected chi connectivity index (χ1v) is 27.5. The van der Waals surface area contributed by atoms with E-state index in [4.69, 9.17) is 0 Å². The molecule has 26 heavy (non-hydrogen) atoms. The van der Waals surface area contributed by atoms with Crippen molar-refractivity contribution in [3.05, 3.63) is 81.9 Å². The summed E-state index contributed by atoms with van der Waals surface area (Å²) in [5.41, 5.74) is 9.62. The van der Waals surface area contributed by atoms with Gasteiger partial charge in [0.25, 0.3) is 0 Å². The molecule has 0 spiro atoms. The van der Waals surface area contributed by atoms with Gasteiger partial charge in [-0.15, -0.1) is 0 Å². The van der Waals surface area contributed by atoms with Crippen LogP contribution in [0.5, 0.6) is 0 Å². The number of hydrogen-bond acceptors (Lipinski definition) is 0. The standard InChI is InChI=1S/2C10H9.C2H6Ge.2ClH.Hf/c2*1-8-6-9-4-2-3-5-10(9)7-8;1-3-2;;;/h2*2-7H,1H3;1-2H3;2*1H;/q;;;;;+2/p-2. The van der Waals surface area contributed by atoms with Gasteiger partial charge in [0.2, 0.25) is 0 Å². The Morgan fingerprint density at radius 2 is 1.08 bits per heavy atom. The fourth-order valence-corrected chi connectivity index (χ4v) is 51.3. The maximum absolute atomic E-state index is 2.66. The van der Waals surface area contributed by atoms with Crippen molar-refractivity contribution in [2.24, 2.45) is 0 Å². The zero-order valence-corrected chi connectivity index (χ0v) is 22.9. The van der Waals surface area contributed by atoms with Gasteiger partial charge in [0.05, 0.1) is 0 Å². The van der Waals surface area contributed by atoms with E-state index < -0.39 is 28.4 Å². The maximum atomic E-state index is 2.66. The average molecular weight is 610 g/mol. The van der Waals surface area contributed by atoms with Crippen LogP contribution in [0.1, 0.15) is 43.5 Å². The zero-order valence-electron chi connectivity index (χ0n) is 15.7. The molecule has 2 atom stereocenters. The summed E-state index contributed by atoms with van der Waals surface area (Å²) >= 11 is -1.90. The molecule has 0 saturated heterocycles. The van der Waals surface area contributed by atoms with Crippen molar-refractivity contribution in [2.75, 3.05) is 0 Å². The molecule has 0 heterocycles. The summed E-state index contributed by atoms with van der Waals surface area (Å²) in [5, 5.41) is 0. The van der Waals surface area contributed by atoms with E-state index in [0.717, 1.165) is 7.35 Å². The number of allylic oxidation sites excluding steroid dienone is 2. The molecule has 0 radical (unpaired) electrons. The third-order valence-electron chi connectivity index (χ3n) is 5.49. The second kappa shape index (κ2) is 8.94. The minimum Gasteiger partial charge on any atom is -1.00 e. The van der Waals surface area contributed by atoms with Gasteiger partial charge >= 0.3 is 155 Å². The molecule has 4 rings (SSSR count). The van der Waals surface area contributed by atoms with Gasteiger partial charge in [-0.3, -0.25) is 0 Å². The topological polar surface area (TPSA) is 0 Å². The Balaban J connectivity index is 0.00000121. The van der Waals surface area contributed by atoms with Crippen molar-refractivity contribution in [1.29, 1.82) is 0 Å². The molecular formula is C22H24Cl2GeHf. The van der Waals surface area contributed by atoms with Gasteiger partial charge in [0, 0.05) is 0 Å². The third-order valence-corrected chi connectivity index (χ3v) is 49.4. The summed E-state index contributed by atoms with van der Waals surface area (Å²) in [7, 11) is -0.954. The quantitative estimate of drug-likeness (QED) is 0.427. The number of fused-ring (bicyclic) bond motifs is 2. The first kappa shape index (κ1) is 22.2. The molecule has 0 fully saturated rings. The van der Waals surface area contributed by atoms with Crippen molar-refractivity contribution in [3.8, 4) is 0 Å². The summed E-state index contributed by atoms with van der Waals surface area (Å²) in [5.74, 6) is 5.31. The predicted molar refractivity (Wildman–Crippen MR) is 103 cm³/mol. The molecule has 0 saturated carbocycles. The van der Waals surface area contributed by atoms with E-state index in [1.165, 1.54) is 11.1 Å². The van der Waals surface area contributed by atoms with Gasteiger partial charge in [-0.1, -0.05) is 0 Å². The maximum Gasteiger partial charge on any atom is -1.00 e. The molecule has 0 nitrogen and oxygen atoms in total. The van der Waals surface area contributed by atoms with E-state index in [2.05, 4.69) is 86.0 Å². The van der Waals surface area contributed by atoms with Crippen LogP contribution in [0.25, 0.3) is 12.2 Å². The number of hydrogen-bond donors (Lipinski definition) is 0. The van der Waals surface area contributed by atoms with E-state index >= 15 is 0 Å². The van der Waals surface area contributed by atoms with Crippen LogP contribution in [0.4, 0.5) is 0 Å². The predicted octanol–water partition coefficient (Wildman–Crippen LogP) is 0.180. The van der Waals surface area contributed by atoms with Crippen molar-refractivity contribution >= 4 is 22.2 Å². The minimum absolute atomic E-state index is 0. The second-order valence-electron chi connectivity index (χ2n) is 7.36. The Kier molecular flexibility index (Phi) is 7.64. The Morgan fingerprint density at radius 3 is 1.46 bits per heavy atom. The van der Waals surface area contributed by atoms with E-state index in [1.807, 2.05) is 0 Å². The molecule has 4 heteroatoms. The monoisotopic (exact) mass is 612 g/mol. The van der Waals surface area contributed by atoms with Crippen molar-refractivity contribution in [3.63, 3.8) is 0 Å². The average Bonchev–Trinajstić information content (AvgIpc) is 3.05. The number of halogens is 2. The Labute approximate surface area is 178 Å². The zero-order chi connectivity index (χ0) is 16.8. The second-order valence-corrected chi connectivity index (χ2v) is 47.6. The van der Waals surface area contributed by atoms with Crippen LogP contribution in [0.2, 0.25) is 11.5 Å². The molecule has 0 N–H and O–H groups in total. The van der Waals surface area contributed by atoms with Crippen LogP contribution in [-0.4, -0.2) is 10.1 Å². The van der Waals surface area contributed by atoms with Gasteiger partial charge in [0.15, 0.2) is 0 Å². The van der Waals surface area contributed by atoms with Crippen molar-refractivity contribution in [1.82, 2.24) is 0 Å². The number of benzene rings is 2. The van der Waals surface area contributed by atoms with Crippen LogP contribution < -0.4 is 24.8 Å². The smallest absolute Gasteiger partial charge is 1.00 e. The van der Waals surface area contributed by atoms with E-state index in [0.29, 0.717) is 0 Å². The molecule has 0 aromatic heterocycles. The van der Waals surface area contributed by atoms with Crippen LogP contribution in [0.3, 0.4) is 0 Å². The normalized spacial score (nSPS) is 19.0. The first-order chi connectivity index (χ1) is 11.6. The molecule has 2 unspecified atom stereocenters. The van der Waals surface area contributed by atoms with Crippen LogP contribution in [0.15, 0.2) is 59.7 Å². The summed E-state index contributed by atoms with van der Waals surface area (Å²) in [6.45, 7) is 4.80. The number of rotatable bonds is 2. The Bertz CT molecular complexity index is 854. The molecule has 0 amide bonds. The van der Waals surface area contributed by atoms with Gasteiger partial charge < -0.3 is 24.8 Å².